The molecule has 1 aromatic rings. The summed E-state index contributed by atoms with van der Waals surface area (Å²) in [5.74, 6) is 0.623. The van der Waals surface area contributed by atoms with Crippen molar-refractivity contribution in [3.05, 3.63) is 35.9 Å². The molecule has 0 aliphatic carbocycles. The molecule has 2 amide bonds. The van der Waals surface area contributed by atoms with Gasteiger partial charge in [-0.25, -0.2) is 4.79 Å². The normalized spacial score (nSPS) is 15.5. The monoisotopic (exact) mass is 547 g/mol. The maximum atomic E-state index is 12.1. The van der Waals surface area contributed by atoms with Crippen LogP contribution in [0.1, 0.15) is 31.2 Å². The molecular formula is C23H36BrN2O6S+. The number of carbonyl (C=O) groups excluding carboxylic acids is 3. The molecule has 0 radical (unpaired) electrons. The molecule has 0 spiro atoms. The van der Waals surface area contributed by atoms with Gasteiger partial charge in [-0.05, 0) is 41.6 Å². The lowest BCUT2D eigenvalue weighted by Gasteiger charge is -2.21. The Hall–Kier alpha value is -1.91. The van der Waals surface area contributed by atoms with E-state index in [0.717, 1.165) is 6.42 Å². The first-order chi connectivity index (χ1) is 15.8. The van der Waals surface area contributed by atoms with Gasteiger partial charge in [-0.15, -0.1) is 0 Å². The minimum atomic E-state index is -1.16. The van der Waals surface area contributed by atoms with Crippen LogP contribution in [0.2, 0.25) is 0 Å². The maximum Gasteiger partial charge on any atom is 0.326 e. The van der Waals surface area contributed by atoms with Crippen LogP contribution in [0.4, 0.5) is 0 Å². The van der Waals surface area contributed by atoms with Gasteiger partial charge in [0.2, 0.25) is 12.3 Å². The van der Waals surface area contributed by atoms with Gasteiger partial charge >= 0.3 is 5.97 Å². The van der Waals surface area contributed by atoms with Gasteiger partial charge in [-0.1, -0.05) is 46.3 Å². The summed E-state index contributed by atoms with van der Waals surface area (Å²) in [5.41, 5.74) is 1.22. The highest BCUT2D eigenvalue weighted by molar-refractivity contribution is 9.08. The Bertz CT molecular complexity index is 720. The van der Waals surface area contributed by atoms with E-state index in [0.29, 0.717) is 31.7 Å². The lowest BCUT2D eigenvalue weighted by atomic mass is 10.1. The summed E-state index contributed by atoms with van der Waals surface area (Å²) >= 11 is 2.94. The number of carbonyl (C=O) groups is 4. The first kappa shape index (κ1) is 31.1. The fourth-order valence-electron chi connectivity index (χ4n) is 3.16. The number of rotatable bonds is 11. The number of benzene rings is 1. The molecule has 1 aromatic carbocycles. The number of methoxy groups -OCH3 is 1. The zero-order chi connectivity index (χ0) is 25.2. The van der Waals surface area contributed by atoms with Crippen molar-refractivity contribution in [1.29, 1.82) is 0 Å². The number of hydrogen-bond acceptors (Lipinski definition) is 5. The molecule has 1 aliphatic rings. The second kappa shape index (κ2) is 18.5. The van der Waals surface area contributed by atoms with Gasteiger partial charge in [0, 0.05) is 20.1 Å². The van der Waals surface area contributed by atoms with Crippen molar-refractivity contribution >= 4 is 50.9 Å². The summed E-state index contributed by atoms with van der Waals surface area (Å²) in [6, 6.07) is 8.41. The van der Waals surface area contributed by atoms with E-state index >= 15 is 0 Å². The number of nitrogens with zero attached hydrogens (tertiary/aromatic N) is 1. The Morgan fingerprint density at radius 3 is 2.42 bits per heavy atom. The van der Waals surface area contributed by atoms with E-state index in [1.165, 1.54) is 10.5 Å². The fourth-order valence-corrected chi connectivity index (χ4v) is 3.95. The predicted molar refractivity (Wildman–Crippen MR) is 136 cm³/mol. The summed E-state index contributed by atoms with van der Waals surface area (Å²) in [6.07, 6.45) is 5.97. The average Bonchev–Trinajstić information content (AvgIpc) is 3.28. The summed E-state index contributed by atoms with van der Waals surface area (Å²) in [4.78, 5) is 47.2. The SMILES string of the molecule is CBr.COCc1ccccc1.C[S+](C)CC(=O)CCC(NC(=O)C1CCCN1C=O)C(=O)O. The molecule has 1 saturated heterocycles. The Morgan fingerprint density at radius 1 is 1.27 bits per heavy atom. The third-order valence-electron chi connectivity index (χ3n) is 4.66. The number of likely N-dealkylation sites (tertiary alicyclic amines) is 1. The third-order valence-corrected chi connectivity index (χ3v) is 5.56. The predicted octanol–water partition coefficient (Wildman–Crippen LogP) is 2.25. The highest BCUT2D eigenvalue weighted by Crippen LogP contribution is 2.15. The molecule has 186 valence electrons. The van der Waals surface area contributed by atoms with Gasteiger partial charge in [0.25, 0.3) is 0 Å². The smallest absolute Gasteiger partial charge is 0.326 e. The topological polar surface area (TPSA) is 113 Å². The van der Waals surface area contributed by atoms with Crippen LogP contribution in [0.15, 0.2) is 30.3 Å². The van der Waals surface area contributed by atoms with Crippen LogP contribution in [0.25, 0.3) is 0 Å². The lowest BCUT2D eigenvalue weighted by molar-refractivity contribution is -0.143. The van der Waals surface area contributed by atoms with E-state index in [1.807, 2.05) is 48.7 Å². The van der Waals surface area contributed by atoms with Crippen molar-refractivity contribution in [3.8, 4) is 0 Å². The lowest BCUT2D eigenvalue weighted by Crippen LogP contribution is -2.49. The Kier molecular flexibility index (Phi) is 17.4. The molecule has 1 heterocycles. The molecule has 2 rings (SSSR count). The number of nitrogens with one attached hydrogen (secondary N) is 1. The van der Waals surface area contributed by atoms with Gasteiger partial charge in [0.05, 0.1) is 19.1 Å². The van der Waals surface area contributed by atoms with E-state index in [9.17, 15) is 24.3 Å². The molecule has 0 bridgehead atoms. The molecule has 2 unspecified atom stereocenters. The highest BCUT2D eigenvalue weighted by Gasteiger charge is 2.32. The van der Waals surface area contributed by atoms with Crippen molar-refractivity contribution < 1.29 is 29.0 Å². The first-order valence-electron chi connectivity index (χ1n) is 10.5. The van der Waals surface area contributed by atoms with Gasteiger partial charge in [0.1, 0.15) is 12.1 Å². The largest absolute Gasteiger partial charge is 0.480 e. The number of carboxylic acids is 1. The van der Waals surface area contributed by atoms with Gasteiger partial charge in [0.15, 0.2) is 11.5 Å². The van der Waals surface area contributed by atoms with Crippen LogP contribution in [-0.2, 0) is 41.4 Å². The van der Waals surface area contributed by atoms with E-state index in [4.69, 9.17) is 4.74 Å². The molecular weight excluding hydrogens is 512 g/mol. The van der Waals surface area contributed by atoms with Crippen LogP contribution >= 0.6 is 15.9 Å². The Labute approximate surface area is 207 Å². The van der Waals surface area contributed by atoms with Crippen LogP contribution in [0.5, 0.6) is 0 Å². The van der Waals surface area contributed by atoms with E-state index in [2.05, 4.69) is 21.2 Å². The van der Waals surface area contributed by atoms with Crippen molar-refractivity contribution in [2.75, 3.05) is 37.8 Å². The standard InChI is InChI=1S/C14H22N2O5S.C8H10O.CH3Br/c1-22(2)8-10(18)5-6-11(14(20)21)15-13(19)12-4-3-7-16(12)9-17;1-9-7-8-5-3-2-4-6-8;1-2/h9,11-12H,3-8H2,1-2H3,(H-,15,19,20,21);2-6H,7H2,1H3;1H3/p+1. The molecule has 10 heteroatoms. The summed E-state index contributed by atoms with van der Waals surface area (Å²) in [5, 5.41) is 11.6. The molecule has 1 fully saturated rings. The zero-order valence-corrected chi connectivity index (χ0v) is 22.2. The zero-order valence-electron chi connectivity index (χ0n) is 19.8. The second-order valence-electron chi connectivity index (χ2n) is 7.53. The van der Waals surface area contributed by atoms with Crippen LogP contribution < -0.4 is 5.32 Å². The number of amides is 2. The molecule has 2 N–H and O–H groups in total. The maximum absolute atomic E-state index is 12.1. The first-order valence-corrected chi connectivity index (χ1v) is 14.3. The van der Waals surface area contributed by atoms with E-state index in [1.54, 1.807) is 7.11 Å². The van der Waals surface area contributed by atoms with E-state index in [-0.39, 0.29) is 29.5 Å². The van der Waals surface area contributed by atoms with Crippen molar-refractivity contribution in [3.63, 3.8) is 0 Å². The minimum Gasteiger partial charge on any atom is -0.480 e. The third kappa shape index (κ3) is 13.4. The number of aliphatic carboxylic acids is 1. The van der Waals surface area contributed by atoms with Crippen LogP contribution in [0, 0.1) is 0 Å². The number of ketones is 1. The highest BCUT2D eigenvalue weighted by atomic mass is 79.9. The van der Waals surface area contributed by atoms with Crippen molar-refractivity contribution in [2.24, 2.45) is 0 Å². The summed E-state index contributed by atoms with van der Waals surface area (Å²) < 4.78 is 4.93. The van der Waals surface area contributed by atoms with E-state index < -0.39 is 24.0 Å². The number of Topliss-reactive ketones (excluding diaryl/α,β-unsaturated/α-hetero) is 1. The average molecular weight is 549 g/mol. The van der Waals surface area contributed by atoms with Crippen molar-refractivity contribution in [1.82, 2.24) is 10.2 Å². The van der Waals surface area contributed by atoms with Crippen LogP contribution in [-0.4, -0.2) is 83.9 Å². The molecule has 2 atom stereocenters. The summed E-state index contributed by atoms with van der Waals surface area (Å²) in [7, 11) is 1.68. The Balaban J connectivity index is 0.000000770. The molecule has 0 aromatic heterocycles. The quantitative estimate of drug-likeness (QED) is 0.249. The minimum absolute atomic E-state index is 0.00390. The van der Waals surface area contributed by atoms with Gasteiger partial charge < -0.3 is 20.1 Å². The number of halogens is 1. The molecule has 0 saturated carbocycles. The molecule has 33 heavy (non-hydrogen) atoms. The van der Waals surface area contributed by atoms with Gasteiger partial charge in [-0.3, -0.25) is 14.4 Å². The number of ether oxygens (including phenoxy) is 1. The van der Waals surface area contributed by atoms with Gasteiger partial charge in [-0.2, -0.15) is 0 Å². The van der Waals surface area contributed by atoms with Crippen LogP contribution in [0.3, 0.4) is 0 Å². The molecule has 8 nitrogen and oxygen atoms in total. The Morgan fingerprint density at radius 2 is 1.91 bits per heavy atom. The summed E-state index contributed by atoms with van der Waals surface area (Å²) in [6.45, 7) is 1.22. The number of carboxylic acid groups (broad SMARTS) is 1. The van der Waals surface area contributed by atoms with Crippen molar-refractivity contribution in [2.45, 2.75) is 44.4 Å². The number of hydrogen-bond donors (Lipinski definition) is 2. The second-order valence-corrected chi connectivity index (χ2v) is 9.79. The molecule has 1 aliphatic heterocycles. The number of alkyl halides is 1. The fraction of sp³-hybridized carbons (Fsp3) is 0.565.